The first-order chi connectivity index (χ1) is 5.81. The van der Waals surface area contributed by atoms with E-state index >= 15 is 0 Å². The Kier molecular flexibility index (Phi) is 8.81. The fourth-order valence-corrected chi connectivity index (χ4v) is 1.00. The summed E-state index contributed by atoms with van der Waals surface area (Å²) in [6.07, 6.45) is 3.34. The molecule has 0 aliphatic heterocycles. The molecule has 0 saturated carbocycles. The summed E-state index contributed by atoms with van der Waals surface area (Å²) >= 11 is 0. The number of nitrogens with two attached hydrogens (primary N) is 3. The van der Waals surface area contributed by atoms with Crippen LogP contribution >= 0.6 is 0 Å². The lowest BCUT2D eigenvalue weighted by atomic mass is 10.1. The predicted octanol–water partition coefficient (Wildman–Crippen LogP) is -1.01. The van der Waals surface area contributed by atoms with E-state index < -0.39 is 0 Å². The van der Waals surface area contributed by atoms with E-state index in [2.05, 4.69) is 5.32 Å². The molecular weight excluding hydrogens is 152 g/mol. The summed E-state index contributed by atoms with van der Waals surface area (Å²) in [6, 6.07) is 0.180. The minimum Gasteiger partial charge on any atom is -0.329 e. The van der Waals surface area contributed by atoms with Gasteiger partial charge in [0.25, 0.3) is 0 Å². The molecule has 0 aliphatic rings. The summed E-state index contributed by atoms with van der Waals surface area (Å²) < 4.78 is 0. The molecule has 0 aromatic heterocycles. The molecule has 4 heteroatoms. The van der Waals surface area contributed by atoms with Gasteiger partial charge in [-0.3, -0.25) is 0 Å². The van der Waals surface area contributed by atoms with E-state index in [0.29, 0.717) is 13.1 Å². The molecule has 0 aromatic carbocycles. The van der Waals surface area contributed by atoms with Crippen molar-refractivity contribution in [2.75, 3.05) is 26.2 Å². The van der Waals surface area contributed by atoms with Gasteiger partial charge >= 0.3 is 0 Å². The van der Waals surface area contributed by atoms with Gasteiger partial charge < -0.3 is 22.5 Å². The minimum atomic E-state index is 0.180. The summed E-state index contributed by atoms with van der Waals surface area (Å²) in [5.74, 6) is 0. The summed E-state index contributed by atoms with van der Waals surface area (Å²) in [5, 5.41) is 3.23. The van der Waals surface area contributed by atoms with E-state index in [0.717, 1.165) is 32.4 Å². The third-order valence-corrected chi connectivity index (χ3v) is 1.80. The molecule has 7 N–H and O–H groups in total. The van der Waals surface area contributed by atoms with E-state index in [9.17, 15) is 0 Å². The van der Waals surface area contributed by atoms with E-state index in [1.807, 2.05) is 0 Å². The lowest BCUT2D eigenvalue weighted by molar-refractivity contribution is 0.549. The largest absolute Gasteiger partial charge is 0.329 e. The maximum absolute atomic E-state index is 5.65. The Morgan fingerprint density at radius 1 is 1.08 bits per heavy atom. The molecule has 0 aromatic rings. The zero-order valence-corrected chi connectivity index (χ0v) is 7.76. The first-order valence-corrected chi connectivity index (χ1v) is 4.67. The molecule has 0 spiro atoms. The molecule has 0 aliphatic carbocycles. The molecule has 12 heavy (non-hydrogen) atoms. The van der Waals surface area contributed by atoms with Crippen LogP contribution in [-0.4, -0.2) is 32.2 Å². The molecule has 0 fully saturated rings. The molecule has 0 heterocycles. The summed E-state index contributed by atoms with van der Waals surface area (Å²) in [6.45, 7) is 3.25. The maximum Gasteiger partial charge on any atom is 0.0163 e. The third-order valence-electron chi connectivity index (χ3n) is 1.80. The fraction of sp³-hybridized carbons (Fsp3) is 1.00. The Morgan fingerprint density at radius 2 is 1.83 bits per heavy atom. The lowest BCUT2D eigenvalue weighted by Crippen LogP contribution is -2.29. The smallest absolute Gasteiger partial charge is 0.0163 e. The third kappa shape index (κ3) is 7.94. The first-order valence-electron chi connectivity index (χ1n) is 4.67. The van der Waals surface area contributed by atoms with Gasteiger partial charge in [0.2, 0.25) is 0 Å². The van der Waals surface area contributed by atoms with E-state index in [1.54, 1.807) is 0 Å². The second kappa shape index (κ2) is 8.93. The summed E-state index contributed by atoms with van der Waals surface area (Å²) in [5.41, 5.74) is 16.3. The highest BCUT2D eigenvalue weighted by Crippen LogP contribution is 1.96. The van der Waals surface area contributed by atoms with Gasteiger partial charge in [-0.2, -0.15) is 0 Å². The van der Waals surface area contributed by atoms with Gasteiger partial charge in [-0.15, -0.1) is 0 Å². The lowest BCUT2D eigenvalue weighted by Gasteiger charge is -2.07. The van der Waals surface area contributed by atoms with Crippen LogP contribution in [0.2, 0.25) is 0 Å². The quantitative estimate of drug-likeness (QED) is 0.355. The van der Waals surface area contributed by atoms with Crippen LogP contribution in [0.4, 0.5) is 0 Å². The highest BCUT2D eigenvalue weighted by Gasteiger charge is 1.97. The Labute approximate surface area is 74.9 Å². The average molecular weight is 174 g/mol. The predicted molar refractivity (Wildman–Crippen MR) is 52.8 cm³/mol. The Morgan fingerprint density at radius 3 is 2.42 bits per heavy atom. The average Bonchev–Trinajstić information content (AvgIpc) is 2.10. The molecule has 1 atom stereocenters. The van der Waals surface area contributed by atoms with E-state index in [-0.39, 0.29) is 6.04 Å². The molecule has 0 saturated heterocycles. The van der Waals surface area contributed by atoms with Gasteiger partial charge in [-0.25, -0.2) is 0 Å². The first kappa shape index (κ1) is 11.8. The fourth-order valence-electron chi connectivity index (χ4n) is 1.00. The van der Waals surface area contributed by atoms with Crippen molar-refractivity contribution < 1.29 is 0 Å². The van der Waals surface area contributed by atoms with Gasteiger partial charge in [0.15, 0.2) is 0 Å². The number of hydrogen-bond donors (Lipinski definition) is 4. The van der Waals surface area contributed by atoms with E-state index in [1.165, 1.54) is 0 Å². The second-order valence-corrected chi connectivity index (χ2v) is 3.03. The van der Waals surface area contributed by atoms with Crippen molar-refractivity contribution in [1.82, 2.24) is 5.32 Å². The SMILES string of the molecule is NCCNCCCCC(N)CN. The van der Waals surface area contributed by atoms with Gasteiger partial charge in [0.05, 0.1) is 0 Å². The maximum atomic E-state index is 5.65. The molecule has 0 radical (unpaired) electrons. The number of rotatable bonds is 8. The molecule has 0 bridgehead atoms. The summed E-state index contributed by atoms with van der Waals surface area (Å²) in [4.78, 5) is 0. The van der Waals surface area contributed by atoms with Crippen molar-refractivity contribution in [2.24, 2.45) is 17.2 Å². The topological polar surface area (TPSA) is 90.1 Å². The second-order valence-electron chi connectivity index (χ2n) is 3.03. The number of unbranched alkanes of at least 4 members (excludes halogenated alkanes) is 1. The van der Waals surface area contributed by atoms with Crippen molar-refractivity contribution in [3.8, 4) is 0 Å². The van der Waals surface area contributed by atoms with Crippen molar-refractivity contribution in [1.29, 1.82) is 0 Å². The van der Waals surface area contributed by atoms with Gasteiger partial charge in [0.1, 0.15) is 0 Å². The monoisotopic (exact) mass is 174 g/mol. The highest BCUT2D eigenvalue weighted by atomic mass is 14.9. The van der Waals surface area contributed by atoms with Crippen LogP contribution in [0.25, 0.3) is 0 Å². The molecular formula is C8H22N4. The van der Waals surface area contributed by atoms with Gasteiger partial charge in [0, 0.05) is 25.7 Å². The molecule has 0 amide bonds. The van der Waals surface area contributed by atoms with Crippen LogP contribution in [0, 0.1) is 0 Å². The Hall–Kier alpha value is -0.160. The molecule has 74 valence electrons. The van der Waals surface area contributed by atoms with Crippen LogP contribution in [-0.2, 0) is 0 Å². The molecule has 0 rings (SSSR count). The zero-order chi connectivity index (χ0) is 9.23. The van der Waals surface area contributed by atoms with Crippen LogP contribution in [0.5, 0.6) is 0 Å². The summed E-state index contributed by atoms with van der Waals surface area (Å²) in [7, 11) is 0. The molecule has 1 unspecified atom stereocenters. The number of hydrogen-bond acceptors (Lipinski definition) is 4. The van der Waals surface area contributed by atoms with Crippen molar-refractivity contribution in [3.63, 3.8) is 0 Å². The van der Waals surface area contributed by atoms with Crippen LogP contribution < -0.4 is 22.5 Å². The minimum absolute atomic E-state index is 0.180. The van der Waals surface area contributed by atoms with E-state index in [4.69, 9.17) is 17.2 Å². The van der Waals surface area contributed by atoms with Crippen LogP contribution in [0.3, 0.4) is 0 Å². The molecule has 4 nitrogen and oxygen atoms in total. The standard InChI is InChI=1S/C8H22N4/c9-4-6-12-5-2-1-3-8(11)7-10/h8,12H,1-7,9-11H2. The number of nitrogens with one attached hydrogen (secondary N) is 1. The van der Waals surface area contributed by atoms with Crippen molar-refractivity contribution in [2.45, 2.75) is 25.3 Å². The van der Waals surface area contributed by atoms with Crippen LogP contribution in [0.1, 0.15) is 19.3 Å². The van der Waals surface area contributed by atoms with Gasteiger partial charge in [-0.05, 0) is 19.4 Å². The zero-order valence-electron chi connectivity index (χ0n) is 7.76. The Bertz CT molecular complexity index is 87.1. The normalized spacial score (nSPS) is 13.2. The van der Waals surface area contributed by atoms with Crippen molar-refractivity contribution in [3.05, 3.63) is 0 Å². The highest BCUT2D eigenvalue weighted by molar-refractivity contribution is 4.61. The Balaban J connectivity index is 2.90. The van der Waals surface area contributed by atoms with Gasteiger partial charge in [-0.1, -0.05) is 6.42 Å². The van der Waals surface area contributed by atoms with Crippen LogP contribution in [0.15, 0.2) is 0 Å². The van der Waals surface area contributed by atoms with Crippen molar-refractivity contribution >= 4 is 0 Å².